The molecule has 2 rings (SSSR count). The molecule has 1 amide bonds. The minimum absolute atomic E-state index is 0.0950. The number of anilines is 1. The maximum absolute atomic E-state index is 11.0. The van der Waals surface area contributed by atoms with Crippen LogP contribution in [0.1, 0.15) is 12.6 Å². The highest BCUT2D eigenvalue weighted by molar-refractivity contribution is 5.89. The molecule has 1 aromatic carbocycles. The summed E-state index contributed by atoms with van der Waals surface area (Å²) in [5, 5.41) is 12.2. The zero-order valence-electron chi connectivity index (χ0n) is 9.64. The summed E-state index contributed by atoms with van der Waals surface area (Å²) in [6.07, 6.45) is 3.49. The van der Waals surface area contributed by atoms with Gasteiger partial charge < -0.3 is 15.0 Å². The van der Waals surface area contributed by atoms with E-state index >= 15 is 0 Å². The van der Waals surface area contributed by atoms with Crippen molar-refractivity contribution < 1.29 is 9.90 Å². The molecule has 0 saturated carbocycles. The Morgan fingerprint density at radius 2 is 2.18 bits per heavy atom. The van der Waals surface area contributed by atoms with Gasteiger partial charge in [-0.15, -0.1) is 0 Å². The smallest absolute Gasteiger partial charge is 0.221 e. The molecule has 2 aromatic rings. The number of phenols is 1. The molecule has 0 aliphatic rings. The van der Waals surface area contributed by atoms with Gasteiger partial charge in [-0.25, -0.2) is 4.98 Å². The van der Waals surface area contributed by atoms with Gasteiger partial charge in [0.2, 0.25) is 5.91 Å². The molecule has 0 spiro atoms. The molecule has 5 heteroatoms. The number of aryl methyl sites for hydroxylation is 1. The van der Waals surface area contributed by atoms with Crippen LogP contribution in [0.15, 0.2) is 30.7 Å². The lowest BCUT2D eigenvalue weighted by atomic mass is 10.2. The van der Waals surface area contributed by atoms with E-state index in [1.165, 1.54) is 13.0 Å². The summed E-state index contributed by atoms with van der Waals surface area (Å²) >= 11 is 0. The number of benzene rings is 1. The van der Waals surface area contributed by atoms with Crippen molar-refractivity contribution >= 4 is 11.6 Å². The fraction of sp³-hybridized carbons (Fsp3) is 0.167. The molecule has 88 valence electrons. The van der Waals surface area contributed by atoms with Crippen LogP contribution in [0.25, 0.3) is 5.69 Å². The normalized spacial score (nSPS) is 10.2. The number of imidazole rings is 1. The monoisotopic (exact) mass is 231 g/mol. The molecule has 0 radical (unpaired) electrons. The van der Waals surface area contributed by atoms with Crippen LogP contribution in [0.3, 0.4) is 0 Å². The van der Waals surface area contributed by atoms with Gasteiger partial charge in [0.25, 0.3) is 0 Å². The van der Waals surface area contributed by atoms with E-state index in [9.17, 15) is 9.90 Å². The maximum atomic E-state index is 11.0. The fourth-order valence-electron chi connectivity index (χ4n) is 1.58. The number of rotatable bonds is 2. The highest BCUT2D eigenvalue weighted by Gasteiger charge is 2.04. The van der Waals surface area contributed by atoms with Crippen molar-refractivity contribution in [2.45, 2.75) is 13.8 Å². The third-order valence-electron chi connectivity index (χ3n) is 2.23. The number of aromatic hydroxyl groups is 1. The van der Waals surface area contributed by atoms with Crippen molar-refractivity contribution in [1.82, 2.24) is 9.55 Å². The van der Waals surface area contributed by atoms with Gasteiger partial charge in [0, 0.05) is 30.9 Å². The quantitative estimate of drug-likeness (QED) is 0.828. The first-order valence-electron chi connectivity index (χ1n) is 5.17. The number of hydrogen-bond acceptors (Lipinski definition) is 3. The predicted octanol–water partition coefficient (Wildman–Crippen LogP) is 1.84. The summed E-state index contributed by atoms with van der Waals surface area (Å²) < 4.78 is 1.78. The average molecular weight is 231 g/mol. The van der Waals surface area contributed by atoms with Crippen LogP contribution >= 0.6 is 0 Å². The summed E-state index contributed by atoms with van der Waals surface area (Å²) in [6.45, 7) is 3.30. The van der Waals surface area contributed by atoms with Gasteiger partial charge in [-0.2, -0.15) is 0 Å². The van der Waals surface area contributed by atoms with Gasteiger partial charge in [0.1, 0.15) is 5.75 Å². The standard InChI is InChI=1S/C12H13N3O2/c1-8-6-15(7-13-8)11-3-10(14-9(2)16)4-12(17)5-11/h3-7,17H,1-2H3,(H,14,16). The van der Waals surface area contributed by atoms with Crippen molar-refractivity contribution in [3.63, 3.8) is 0 Å². The van der Waals surface area contributed by atoms with Gasteiger partial charge in [-0.3, -0.25) is 4.79 Å². The first-order chi connectivity index (χ1) is 8.04. The number of amides is 1. The third kappa shape index (κ3) is 2.63. The van der Waals surface area contributed by atoms with Gasteiger partial charge in [0.15, 0.2) is 0 Å². The number of phenolic OH excluding ortho intramolecular Hbond substituents is 1. The maximum Gasteiger partial charge on any atom is 0.221 e. The van der Waals surface area contributed by atoms with E-state index in [1.807, 2.05) is 13.1 Å². The Morgan fingerprint density at radius 3 is 2.76 bits per heavy atom. The van der Waals surface area contributed by atoms with E-state index < -0.39 is 0 Å². The lowest BCUT2D eigenvalue weighted by Gasteiger charge is -2.07. The summed E-state index contributed by atoms with van der Waals surface area (Å²) in [5.41, 5.74) is 2.18. The molecule has 5 nitrogen and oxygen atoms in total. The molecule has 0 unspecified atom stereocenters. The van der Waals surface area contributed by atoms with Crippen molar-refractivity contribution in [1.29, 1.82) is 0 Å². The van der Waals surface area contributed by atoms with Gasteiger partial charge in [-0.05, 0) is 13.0 Å². The fourth-order valence-corrected chi connectivity index (χ4v) is 1.58. The Bertz CT molecular complexity index is 561. The lowest BCUT2D eigenvalue weighted by molar-refractivity contribution is -0.114. The zero-order chi connectivity index (χ0) is 12.4. The molecule has 0 saturated heterocycles. The van der Waals surface area contributed by atoms with Crippen LogP contribution < -0.4 is 5.32 Å². The number of carbonyl (C=O) groups is 1. The molecule has 17 heavy (non-hydrogen) atoms. The van der Waals surface area contributed by atoms with E-state index in [1.54, 1.807) is 23.0 Å². The Balaban J connectivity index is 2.41. The van der Waals surface area contributed by atoms with E-state index in [0.717, 1.165) is 11.4 Å². The SMILES string of the molecule is CC(=O)Nc1cc(O)cc(-n2cnc(C)c2)c1. The second-order valence-electron chi connectivity index (χ2n) is 3.84. The second-order valence-corrected chi connectivity index (χ2v) is 3.84. The van der Waals surface area contributed by atoms with Crippen molar-refractivity contribution in [2.75, 3.05) is 5.32 Å². The molecule has 1 aromatic heterocycles. The lowest BCUT2D eigenvalue weighted by Crippen LogP contribution is -2.06. The van der Waals surface area contributed by atoms with Crippen LogP contribution in [0.4, 0.5) is 5.69 Å². The van der Waals surface area contributed by atoms with Crippen molar-refractivity contribution in [3.05, 3.63) is 36.4 Å². The first kappa shape index (κ1) is 11.2. The second kappa shape index (κ2) is 4.29. The summed E-state index contributed by atoms with van der Waals surface area (Å²) in [5.74, 6) is -0.0824. The van der Waals surface area contributed by atoms with Crippen LogP contribution in [0.5, 0.6) is 5.75 Å². The molecule has 0 aliphatic heterocycles. The molecular weight excluding hydrogens is 218 g/mol. The number of nitrogens with zero attached hydrogens (tertiary/aromatic N) is 2. The number of hydrogen-bond donors (Lipinski definition) is 2. The third-order valence-corrected chi connectivity index (χ3v) is 2.23. The van der Waals surface area contributed by atoms with E-state index in [2.05, 4.69) is 10.3 Å². The van der Waals surface area contributed by atoms with Crippen LogP contribution in [-0.2, 0) is 4.79 Å². The van der Waals surface area contributed by atoms with Crippen LogP contribution in [-0.4, -0.2) is 20.6 Å². The molecule has 2 N–H and O–H groups in total. The largest absolute Gasteiger partial charge is 0.508 e. The number of carbonyl (C=O) groups excluding carboxylic acids is 1. The molecule has 0 fully saturated rings. The van der Waals surface area contributed by atoms with Crippen molar-refractivity contribution in [2.24, 2.45) is 0 Å². The van der Waals surface area contributed by atoms with Gasteiger partial charge >= 0.3 is 0 Å². The number of aromatic nitrogens is 2. The highest BCUT2D eigenvalue weighted by Crippen LogP contribution is 2.22. The predicted molar refractivity (Wildman–Crippen MR) is 64.3 cm³/mol. The minimum atomic E-state index is -0.177. The van der Waals surface area contributed by atoms with Gasteiger partial charge in [-0.1, -0.05) is 0 Å². The molecule has 0 atom stereocenters. The highest BCUT2D eigenvalue weighted by atomic mass is 16.3. The van der Waals surface area contributed by atoms with Gasteiger partial charge in [0.05, 0.1) is 17.7 Å². The Kier molecular flexibility index (Phi) is 2.82. The molecule has 1 heterocycles. The molecular formula is C12H13N3O2. The van der Waals surface area contributed by atoms with Crippen LogP contribution in [0.2, 0.25) is 0 Å². The molecule has 0 bridgehead atoms. The topological polar surface area (TPSA) is 67.2 Å². The zero-order valence-corrected chi connectivity index (χ0v) is 9.64. The van der Waals surface area contributed by atoms with E-state index in [0.29, 0.717) is 5.69 Å². The Hall–Kier alpha value is -2.30. The minimum Gasteiger partial charge on any atom is -0.508 e. The molecule has 0 aliphatic carbocycles. The summed E-state index contributed by atoms with van der Waals surface area (Å²) in [6, 6.07) is 4.86. The van der Waals surface area contributed by atoms with Crippen molar-refractivity contribution in [3.8, 4) is 11.4 Å². The van der Waals surface area contributed by atoms with E-state index in [4.69, 9.17) is 0 Å². The Morgan fingerprint density at radius 1 is 1.41 bits per heavy atom. The first-order valence-corrected chi connectivity index (χ1v) is 5.17. The van der Waals surface area contributed by atoms with E-state index in [-0.39, 0.29) is 11.7 Å². The average Bonchev–Trinajstić information content (AvgIpc) is 2.62. The van der Waals surface area contributed by atoms with Crippen LogP contribution in [0, 0.1) is 6.92 Å². The summed E-state index contributed by atoms with van der Waals surface area (Å²) in [7, 11) is 0. The Labute approximate surface area is 98.7 Å². The summed E-state index contributed by atoms with van der Waals surface area (Å²) in [4.78, 5) is 15.1. The number of nitrogens with one attached hydrogen (secondary N) is 1.